The predicted octanol–water partition coefficient (Wildman–Crippen LogP) is 4.74. The number of hydrogen-bond acceptors (Lipinski definition) is 12. The SMILES string of the molecule is COC(=O)[C@@H](C)C[C@H](Cc1ncc(C(F)(F)F)cn1)NC(=O)c1csc([C@@H](C[C@H](C(C)C)N(C)C(=O)[C@@H](NC(=O)[C@H]2CC3CCN2CC3)C2CCC2)OC(C)=O)n1. The molecule has 14 nitrogen and oxygen atoms in total. The fraction of sp³-hybridized carbons (Fsp3) is 0.692. The molecule has 2 aromatic heterocycles. The Bertz CT molecular complexity index is 1730. The summed E-state index contributed by atoms with van der Waals surface area (Å²) < 4.78 is 49.9. The Kier molecular flexibility index (Phi) is 14.7. The van der Waals surface area contributed by atoms with Crippen molar-refractivity contribution in [3.05, 3.63) is 39.9 Å². The van der Waals surface area contributed by atoms with Crippen LogP contribution < -0.4 is 10.6 Å². The van der Waals surface area contributed by atoms with Crippen LogP contribution in [-0.2, 0) is 41.2 Å². The molecule has 3 amide bonds. The van der Waals surface area contributed by atoms with Gasteiger partial charge >= 0.3 is 18.1 Å². The minimum Gasteiger partial charge on any atom is -0.469 e. The molecular formula is C39H54F3N7O7S. The Hall–Kier alpha value is -4.19. The van der Waals surface area contributed by atoms with Gasteiger partial charge in [-0.25, -0.2) is 15.0 Å². The second-order valence-corrected chi connectivity index (χ2v) is 16.9. The first-order valence-corrected chi connectivity index (χ1v) is 20.5. The summed E-state index contributed by atoms with van der Waals surface area (Å²) in [4.78, 5) is 82.2. The first kappa shape index (κ1) is 43.9. The zero-order valence-corrected chi connectivity index (χ0v) is 34.2. The highest BCUT2D eigenvalue weighted by molar-refractivity contribution is 7.09. The van der Waals surface area contributed by atoms with Gasteiger partial charge in [0, 0.05) is 56.7 Å². The zero-order valence-electron chi connectivity index (χ0n) is 33.3. The largest absolute Gasteiger partial charge is 0.469 e. The summed E-state index contributed by atoms with van der Waals surface area (Å²) in [6.07, 6.45) is 1.59. The van der Waals surface area contributed by atoms with Crippen molar-refractivity contribution in [3.8, 4) is 0 Å². The van der Waals surface area contributed by atoms with Gasteiger partial charge in [0.1, 0.15) is 22.6 Å². The van der Waals surface area contributed by atoms with Crippen LogP contribution in [0.5, 0.6) is 0 Å². The highest BCUT2D eigenvalue weighted by Gasteiger charge is 2.43. The third kappa shape index (κ3) is 11.3. The summed E-state index contributed by atoms with van der Waals surface area (Å²) in [5.41, 5.74) is -1.03. The van der Waals surface area contributed by atoms with E-state index in [-0.39, 0.29) is 60.5 Å². The van der Waals surface area contributed by atoms with Gasteiger partial charge in [-0.15, -0.1) is 11.3 Å². The van der Waals surface area contributed by atoms with E-state index in [0.717, 1.165) is 63.0 Å². The number of halogens is 3. The Balaban J connectivity index is 1.30. The maximum atomic E-state index is 14.3. The molecule has 18 heteroatoms. The number of fused-ring (bicyclic) bond motifs is 3. The van der Waals surface area contributed by atoms with Crippen molar-refractivity contribution in [2.45, 2.75) is 122 Å². The first-order valence-electron chi connectivity index (χ1n) is 19.7. The van der Waals surface area contributed by atoms with Crippen molar-refractivity contribution < 1.29 is 46.6 Å². The van der Waals surface area contributed by atoms with Gasteiger partial charge in [0.25, 0.3) is 5.91 Å². The average Bonchev–Trinajstić information content (AvgIpc) is 3.65. The number of rotatable bonds is 17. The lowest BCUT2D eigenvalue weighted by molar-refractivity contribution is -0.149. The van der Waals surface area contributed by atoms with Gasteiger partial charge in [0.15, 0.2) is 6.10 Å². The summed E-state index contributed by atoms with van der Waals surface area (Å²) in [5, 5.41) is 7.76. The van der Waals surface area contributed by atoms with E-state index >= 15 is 0 Å². The van der Waals surface area contributed by atoms with E-state index in [1.54, 1.807) is 18.9 Å². The molecule has 2 bridgehead atoms. The molecule has 1 saturated carbocycles. The van der Waals surface area contributed by atoms with Crippen LogP contribution in [0, 0.1) is 23.7 Å². The van der Waals surface area contributed by atoms with E-state index in [2.05, 4.69) is 30.5 Å². The Labute approximate surface area is 335 Å². The fourth-order valence-corrected chi connectivity index (χ4v) is 8.90. The van der Waals surface area contributed by atoms with Gasteiger partial charge in [-0.05, 0) is 69.4 Å². The van der Waals surface area contributed by atoms with Crippen LogP contribution in [0.4, 0.5) is 13.2 Å². The highest BCUT2D eigenvalue weighted by atomic mass is 32.1. The summed E-state index contributed by atoms with van der Waals surface area (Å²) in [5.74, 6) is -2.25. The van der Waals surface area contributed by atoms with Gasteiger partial charge in [-0.1, -0.05) is 27.2 Å². The van der Waals surface area contributed by atoms with Crippen molar-refractivity contribution in [1.82, 2.24) is 35.4 Å². The fourth-order valence-electron chi connectivity index (χ4n) is 8.06. The Morgan fingerprint density at radius 2 is 1.68 bits per heavy atom. The Morgan fingerprint density at radius 1 is 1.02 bits per heavy atom. The number of methoxy groups -OCH3 is 1. The summed E-state index contributed by atoms with van der Waals surface area (Å²) in [6, 6.07) is -2.14. The van der Waals surface area contributed by atoms with Crippen LogP contribution in [0.3, 0.4) is 0 Å². The number of nitrogens with zero attached hydrogens (tertiary/aromatic N) is 5. The number of likely N-dealkylation sites (N-methyl/N-ethyl adjacent to an activating group) is 1. The van der Waals surface area contributed by atoms with E-state index in [1.807, 2.05) is 13.8 Å². The number of esters is 2. The third-order valence-corrected chi connectivity index (χ3v) is 12.5. The molecule has 1 aliphatic carbocycles. The minimum absolute atomic E-state index is 0.0124. The van der Waals surface area contributed by atoms with Gasteiger partial charge in [-0.3, -0.25) is 28.9 Å². The molecule has 4 aliphatic rings. The minimum atomic E-state index is -4.62. The number of alkyl halides is 3. The number of ether oxygens (including phenoxy) is 2. The number of thiazole rings is 1. The van der Waals surface area contributed by atoms with Crippen LogP contribution in [0.1, 0.15) is 112 Å². The smallest absolute Gasteiger partial charge is 0.419 e. The molecule has 2 aromatic rings. The molecule has 0 radical (unpaired) electrons. The highest BCUT2D eigenvalue weighted by Crippen LogP contribution is 2.36. The second kappa shape index (κ2) is 19.0. The predicted molar refractivity (Wildman–Crippen MR) is 202 cm³/mol. The number of aromatic nitrogens is 3. The molecule has 3 aliphatic heterocycles. The van der Waals surface area contributed by atoms with Crippen molar-refractivity contribution >= 4 is 41.0 Å². The van der Waals surface area contributed by atoms with Gasteiger partial charge < -0.3 is 25.0 Å². The topological polar surface area (TPSA) is 173 Å². The van der Waals surface area contributed by atoms with Gasteiger partial charge in [0.05, 0.1) is 24.6 Å². The number of amides is 3. The normalized spacial score (nSPS) is 22.0. The quantitative estimate of drug-likeness (QED) is 0.211. The molecule has 6 atom stereocenters. The number of piperidine rings is 3. The van der Waals surface area contributed by atoms with Crippen LogP contribution in [0.2, 0.25) is 0 Å². The second-order valence-electron chi connectivity index (χ2n) is 16.0. The van der Waals surface area contributed by atoms with E-state index < -0.39 is 59.7 Å². The number of nitrogens with one attached hydrogen (secondary N) is 2. The van der Waals surface area contributed by atoms with Crippen LogP contribution in [-0.4, -0.2) is 106 Å². The average molecular weight is 822 g/mol. The standard InChI is InChI=1S/C39H54F3N7O7S/c1-21(2)29(48(5)37(53)33(25-8-7-9-25)47-35(52)30-15-24-10-12-49(30)13-11-24)17-31(56-23(4)50)36-46-28(20-57-36)34(51)45-27(14-22(3)38(54)55-6)16-32-43-18-26(19-44-32)39(40,41)42/h18-22,24-25,27,29-31,33H,7-17H2,1-6H3,(H,45,51)(H,47,52)/t22-,27+,29+,30+,31+,33-/m0/s1. The summed E-state index contributed by atoms with van der Waals surface area (Å²) >= 11 is 1.09. The maximum Gasteiger partial charge on any atom is 0.419 e. The molecule has 3 saturated heterocycles. The van der Waals surface area contributed by atoms with Gasteiger partial charge in [0.2, 0.25) is 11.8 Å². The first-order chi connectivity index (χ1) is 26.9. The maximum absolute atomic E-state index is 14.3. The third-order valence-electron chi connectivity index (χ3n) is 11.6. The van der Waals surface area contributed by atoms with E-state index in [1.165, 1.54) is 19.4 Å². The lowest BCUT2D eigenvalue weighted by Gasteiger charge is -2.45. The number of carbonyl (C=O) groups excluding carboxylic acids is 5. The van der Waals surface area contributed by atoms with Crippen LogP contribution in [0.25, 0.3) is 0 Å². The molecule has 5 heterocycles. The molecule has 4 fully saturated rings. The number of carbonyl (C=O) groups is 5. The monoisotopic (exact) mass is 821 g/mol. The van der Waals surface area contributed by atoms with E-state index in [4.69, 9.17) is 9.47 Å². The molecule has 2 N–H and O–H groups in total. The summed E-state index contributed by atoms with van der Waals surface area (Å²) in [7, 11) is 2.93. The molecular weight excluding hydrogens is 768 g/mol. The van der Waals surface area contributed by atoms with Crippen molar-refractivity contribution in [2.75, 3.05) is 27.2 Å². The molecule has 0 aromatic carbocycles. The number of hydrogen-bond donors (Lipinski definition) is 2. The van der Waals surface area contributed by atoms with Crippen molar-refractivity contribution in [1.29, 1.82) is 0 Å². The molecule has 6 rings (SSSR count). The lowest BCUT2D eigenvalue weighted by Crippen LogP contribution is -2.61. The molecule has 314 valence electrons. The van der Waals surface area contributed by atoms with E-state index in [9.17, 15) is 37.1 Å². The van der Waals surface area contributed by atoms with Crippen molar-refractivity contribution in [3.63, 3.8) is 0 Å². The summed E-state index contributed by atoms with van der Waals surface area (Å²) in [6.45, 7) is 8.56. The molecule has 0 unspecified atom stereocenters. The van der Waals surface area contributed by atoms with Crippen molar-refractivity contribution in [2.24, 2.45) is 23.7 Å². The molecule has 57 heavy (non-hydrogen) atoms. The van der Waals surface area contributed by atoms with E-state index in [0.29, 0.717) is 23.3 Å². The van der Waals surface area contributed by atoms with Gasteiger partial charge in [-0.2, -0.15) is 13.2 Å². The Morgan fingerprint density at radius 3 is 2.21 bits per heavy atom. The molecule has 0 spiro atoms. The van der Waals surface area contributed by atoms with Crippen LogP contribution in [0.15, 0.2) is 17.8 Å². The zero-order chi connectivity index (χ0) is 41.6. The van der Waals surface area contributed by atoms with Crippen LogP contribution >= 0.6 is 11.3 Å². The lowest BCUT2D eigenvalue weighted by atomic mass is 9.78.